The number of nitrogens with zero attached hydrogens (tertiary/aromatic N) is 1. The van der Waals surface area contributed by atoms with Crippen LogP contribution in [0.5, 0.6) is 0 Å². The van der Waals surface area contributed by atoms with Crippen molar-refractivity contribution in [3.63, 3.8) is 0 Å². The number of hydrogen-bond donors (Lipinski definition) is 2. The molecule has 0 bridgehead atoms. The number of nitrogens with one attached hydrogen (secondary N) is 2. The van der Waals surface area contributed by atoms with Crippen LogP contribution in [-0.4, -0.2) is 36.1 Å². The molecule has 0 saturated carbocycles. The maximum Gasteiger partial charge on any atom is 0.339 e. The minimum absolute atomic E-state index is 0.160. The van der Waals surface area contributed by atoms with Crippen molar-refractivity contribution < 1.29 is 23.5 Å². The van der Waals surface area contributed by atoms with Crippen LogP contribution in [0.4, 0.5) is 0 Å². The molecular weight excluding hydrogens is 458 g/mol. The summed E-state index contributed by atoms with van der Waals surface area (Å²) in [6, 6.07) is 16.7. The maximum absolute atomic E-state index is 12.7. The molecule has 0 spiro atoms. The third kappa shape index (κ3) is 6.91. The summed E-state index contributed by atoms with van der Waals surface area (Å²) < 4.78 is 11.1. The first-order valence-electron chi connectivity index (χ1n) is 11.8. The highest BCUT2D eigenvalue weighted by atomic mass is 16.5. The molecule has 1 atom stereocenters. The van der Waals surface area contributed by atoms with Gasteiger partial charge < -0.3 is 14.5 Å². The van der Waals surface area contributed by atoms with Gasteiger partial charge in [-0.25, -0.2) is 10.2 Å². The lowest BCUT2D eigenvalue weighted by Gasteiger charge is -2.20. The molecule has 1 heterocycles. The molecule has 0 aliphatic rings. The van der Waals surface area contributed by atoms with Gasteiger partial charge >= 0.3 is 5.97 Å². The van der Waals surface area contributed by atoms with E-state index >= 15 is 0 Å². The van der Waals surface area contributed by atoms with E-state index in [0.717, 1.165) is 5.56 Å². The van der Waals surface area contributed by atoms with Crippen molar-refractivity contribution in [2.24, 2.45) is 11.0 Å². The third-order valence-electron chi connectivity index (χ3n) is 5.30. The van der Waals surface area contributed by atoms with E-state index in [0.29, 0.717) is 28.2 Å². The summed E-state index contributed by atoms with van der Waals surface area (Å²) in [7, 11) is 0. The highest BCUT2D eigenvalue weighted by Crippen LogP contribution is 2.26. The normalized spacial score (nSPS) is 12.1. The molecule has 36 heavy (non-hydrogen) atoms. The Bertz CT molecular complexity index is 1240. The van der Waals surface area contributed by atoms with Crippen molar-refractivity contribution in [2.45, 2.75) is 46.8 Å². The molecule has 3 aromatic rings. The lowest BCUT2D eigenvalue weighted by atomic mass is 10.0. The van der Waals surface area contributed by atoms with Crippen molar-refractivity contribution >= 4 is 24.0 Å². The number of carbonyl (C=O) groups is 3. The van der Waals surface area contributed by atoms with E-state index in [9.17, 15) is 14.4 Å². The van der Waals surface area contributed by atoms with Gasteiger partial charge in [-0.1, -0.05) is 49.7 Å². The van der Waals surface area contributed by atoms with E-state index in [-0.39, 0.29) is 17.9 Å². The van der Waals surface area contributed by atoms with Gasteiger partial charge in [-0.3, -0.25) is 9.59 Å². The first-order valence-corrected chi connectivity index (χ1v) is 11.8. The molecule has 0 fully saturated rings. The molecule has 2 aromatic carbocycles. The molecule has 2 N–H and O–H groups in total. The van der Waals surface area contributed by atoms with Gasteiger partial charge in [-0.15, -0.1) is 0 Å². The second-order valence-electron chi connectivity index (χ2n) is 9.00. The highest BCUT2D eigenvalue weighted by molar-refractivity contribution is 5.98. The Kier molecular flexibility index (Phi) is 8.78. The van der Waals surface area contributed by atoms with Gasteiger partial charge in [0.1, 0.15) is 17.6 Å². The van der Waals surface area contributed by atoms with E-state index in [1.165, 1.54) is 6.21 Å². The number of amides is 2. The number of hydrogen-bond acceptors (Lipinski definition) is 6. The summed E-state index contributed by atoms with van der Waals surface area (Å²) in [6.07, 6.45) is 1.11. The summed E-state index contributed by atoms with van der Waals surface area (Å²) in [5, 5.41) is 6.74. The zero-order valence-electron chi connectivity index (χ0n) is 21.1. The second kappa shape index (κ2) is 12.0. The maximum atomic E-state index is 12.7. The molecule has 1 aromatic heterocycles. The molecule has 188 valence electrons. The molecule has 1 unspecified atom stereocenters. The van der Waals surface area contributed by atoms with Gasteiger partial charge in [0.25, 0.3) is 11.8 Å². The van der Waals surface area contributed by atoms with Crippen molar-refractivity contribution in [1.82, 2.24) is 10.7 Å². The van der Waals surface area contributed by atoms with Crippen LogP contribution in [0.1, 0.15) is 59.7 Å². The number of benzene rings is 2. The van der Waals surface area contributed by atoms with Crippen LogP contribution in [0.2, 0.25) is 0 Å². The fourth-order valence-electron chi connectivity index (χ4n) is 3.41. The summed E-state index contributed by atoms with van der Waals surface area (Å²) in [5.74, 6) is -0.543. The van der Waals surface area contributed by atoms with E-state index in [1.807, 2.05) is 32.9 Å². The van der Waals surface area contributed by atoms with E-state index in [4.69, 9.17) is 9.15 Å². The van der Waals surface area contributed by atoms with Gasteiger partial charge in [0, 0.05) is 11.1 Å². The highest BCUT2D eigenvalue weighted by Gasteiger charge is 2.24. The van der Waals surface area contributed by atoms with Crippen LogP contribution in [0.3, 0.4) is 0 Å². The largest absolute Gasteiger partial charge is 0.459 e. The van der Waals surface area contributed by atoms with Gasteiger partial charge in [0.05, 0.1) is 17.9 Å². The average Bonchev–Trinajstić information content (AvgIpc) is 3.31. The Hall–Kier alpha value is -4.20. The number of ether oxygens (including phenoxy) is 1. The van der Waals surface area contributed by atoms with Crippen molar-refractivity contribution in [3.05, 3.63) is 83.1 Å². The molecule has 8 heteroatoms. The fourth-order valence-corrected chi connectivity index (χ4v) is 3.41. The van der Waals surface area contributed by atoms with Gasteiger partial charge in [-0.2, -0.15) is 5.10 Å². The predicted molar refractivity (Wildman–Crippen MR) is 138 cm³/mol. The summed E-state index contributed by atoms with van der Waals surface area (Å²) >= 11 is 0. The molecule has 0 radical (unpaired) electrons. The van der Waals surface area contributed by atoms with Gasteiger partial charge in [0.15, 0.2) is 0 Å². The molecule has 3 rings (SSSR count). The van der Waals surface area contributed by atoms with Crippen LogP contribution < -0.4 is 10.7 Å². The molecule has 8 nitrogen and oxygen atoms in total. The van der Waals surface area contributed by atoms with E-state index in [2.05, 4.69) is 15.8 Å². The van der Waals surface area contributed by atoms with E-state index in [1.54, 1.807) is 62.4 Å². The Labute approximate surface area is 210 Å². The fraction of sp³-hybridized carbons (Fsp3) is 0.286. The van der Waals surface area contributed by atoms with Gasteiger partial charge in [0.2, 0.25) is 0 Å². The quantitative estimate of drug-likeness (QED) is 0.257. The van der Waals surface area contributed by atoms with Crippen LogP contribution in [0.15, 0.2) is 70.2 Å². The lowest BCUT2D eigenvalue weighted by molar-refractivity contribution is -0.123. The first-order chi connectivity index (χ1) is 17.2. The molecule has 2 amide bonds. The zero-order valence-corrected chi connectivity index (χ0v) is 21.1. The predicted octanol–water partition coefficient (Wildman–Crippen LogP) is 4.72. The smallest absolute Gasteiger partial charge is 0.339 e. The SMILES string of the molecule is Cc1ccc(C(=O)NC(C(=O)NN=Cc2ccc(-c3ccccc3C(=O)OC(C)C)o2)C(C)C)cc1. The monoisotopic (exact) mass is 489 g/mol. The van der Waals surface area contributed by atoms with Crippen molar-refractivity contribution in [2.75, 3.05) is 0 Å². The average molecular weight is 490 g/mol. The Balaban J connectivity index is 1.66. The summed E-state index contributed by atoms with van der Waals surface area (Å²) in [5.41, 5.74) is 4.96. The first kappa shape index (κ1) is 26.4. The minimum Gasteiger partial charge on any atom is -0.459 e. The number of aryl methyl sites for hydroxylation is 1. The van der Waals surface area contributed by atoms with Crippen molar-refractivity contribution in [1.29, 1.82) is 0 Å². The Morgan fingerprint density at radius 3 is 2.31 bits per heavy atom. The summed E-state index contributed by atoms with van der Waals surface area (Å²) in [4.78, 5) is 37.7. The topological polar surface area (TPSA) is 110 Å². The number of rotatable bonds is 9. The lowest BCUT2D eigenvalue weighted by Crippen LogP contribution is -2.48. The number of esters is 1. The standard InChI is InChI=1S/C28H31N3O5/c1-17(2)25(30-26(32)20-12-10-19(5)11-13-20)27(33)31-29-16-21-14-15-24(36-21)22-8-6-7-9-23(22)28(34)35-18(3)4/h6-18,25H,1-5H3,(H,30,32)(H,31,33). The van der Waals surface area contributed by atoms with Crippen molar-refractivity contribution in [3.8, 4) is 11.3 Å². The molecule has 0 aliphatic heterocycles. The Morgan fingerprint density at radius 2 is 1.64 bits per heavy atom. The Morgan fingerprint density at radius 1 is 0.944 bits per heavy atom. The minimum atomic E-state index is -0.776. The molecular formula is C28H31N3O5. The zero-order chi connectivity index (χ0) is 26.2. The van der Waals surface area contributed by atoms with Crippen LogP contribution in [0.25, 0.3) is 11.3 Å². The van der Waals surface area contributed by atoms with Crippen LogP contribution >= 0.6 is 0 Å². The second-order valence-corrected chi connectivity index (χ2v) is 9.00. The van der Waals surface area contributed by atoms with Gasteiger partial charge in [-0.05, 0) is 57.0 Å². The number of carbonyl (C=O) groups excluding carboxylic acids is 3. The number of furan rings is 1. The van der Waals surface area contributed by atoms with Crippen LogP contribution in [0, 0.1) is 12.8 Å². The third-order valence-corrected chi connectivity index (χ3v) is 5.30. The van der Waals surface area contributed by atoms with E-state index < -0.39 is 17.9 Å². The summed E-state index contributed by atoms with van der Waals surface area (Å²) in [6.45, 7) is 9.18. The van der Waals surface area contributed by atoms with Crippen LogP contribution in [-0.2, 0) is 9.53 Å². The molecule has 0 saturated heterocycles. The molecule has 0 aliphatic carbocycles. The number of hydrazone groups is 1.